The zero-order chi connectivity index (χ0) is 23.6. The summed E-state index contributed by atoms with van der Waals surface area (Å²) in [4.78, 5) is 12.0. The summed E-state index contributed by atoms with van der Waals surface area (Å²) in [5.74, 6) is -0.702. The Morgan fingerprint density at radius 3 is 2.03 bits per heavy atom. The standard InChI is InChI=1S/C18H26O14/c19-3-7-16(6(20)1-2-29-7)32-18-15(26)13(24)11(22)9(31-18)5-28-4-8-10(21)12(23)14(25)17(27)30-8/h1-2,8-15,17-19,21-27H,3-5H2/t8-,9-,10-,11-,12+,13+,14-,15-,17-,18+/m1/s1. The molecule has 0 saturated carbocycles. The van der Waals surface area contributed by atoms with E-state index < -0.39 is 92.4 Å². The van der Waals surface area contributed by atoms with Gasteiger partial charge in [-0.25, -0.2) is 0 Å². The maximum absolute atomic E-state index is 12.0. The van der Waals surface area contributed by atoms with Gasteiger partial charge in [0.1, 0.15) is 55.4 Å². The van der Waals surface area contributed by atoms with Crippen LogP contribution in [0.5, 0.6) is 5.75 Å². The van der Waals surface area contributed by atoms with Crippen molar-refractivity contribution >= 4 is 0 Å². The van der Waals surface area contributed by atoms with Crippen LogP contribution >= 0.6 is 0 Å². The van der Waals surface area contributed by atoms with Gasteiger partial charge in [-0.05, 0) is 0 Å². The summed E-state index contributed by atoms with van der Waals surface area (Å²) in [6.45, 7) is -1.53. The number of aliphatic hydroxyl groups is 8. The second-order valence-corrected chi connectivity index (χ2v) is 7.40. The van der Waals surface area contributed by atoms with Gasteiger partial charge in [-0.15, -0.1) is 0 Å². The number of ether oxygens (including phenoxy) is 4. The Balaban J connectivity index is 1.63. The summed E-state index contributed by atoms with van der Waals surface area (Å²) in [6.07, 6.45) is -15.0. The summed E-state index contributed by atoms with van der Waals surface area (Å²) >= 11 is 0. The van der Waals surface area contributed by atoms with Gasteiger partial charge in [-0.3, -0.25) is 4.79 Å². The number of rotatable bonds is 7. The first-order chi connectivity index (χ1) is 15.1. The van der Waals surface area contributed by atoms with Crippen LogP contribution in [0.4, 0.5) is 0 Å². The monoisotopic (exact) mass is 466 g/mol. The van der Waals surface area contributed by atoms with Crippen LogP contribution in [0.2, 0.25) is 0 Å². The molecule has 14 heteroatoms. The minimum absolute atomic E-state index is 0.246. The molecule has 10 atom stereocenters. The second kappa shape index (κ2) is 10.5. The Labute approximate surface area is 180 Å². The summed E-state index contributed by atoms with van der Waals surface area (Å²) in [6, 6.07) is 1.00. The molecule has 1 aromatic rings. The van der Waals surface area contributed by atoms with Crippen molar-refractivity contribution in [3.8, 4) is 5.75 Å². The Hall–Kier alpha value is -1.69. The quantitative estimate of drug-likeness (QED) is 0.188. The molecule has 32 heavy (non-hydrogen) atoms. The normalized spacial score (nSPS) is 40.2. The van der Waals surface area contributed by atoms with Crippen molar-refractivity contribution in [2.45, 2.75) is 68.0 Å². The molecule has 2 aliphatic heterocycles. The van der Waals surface area contributed by atoms with Crippen LogP contribution in [0, 0.1) is 0 Å². The minimum atomic E-state index is -1.78. The molecule has 3 heterocycles. The number of aliphatic hydroxyl groups excluding tert-OH is 8. The molecule has 0 unspecified atom stereocenters. The molecule has 2 saturated heterocycles. The Morgan fingerprint density at radius 1 is 0.812 bits per heavy atom. The predicted octanol–water partition coefficient (Wildman–Crippen LogP) is -4.86. The molecule has 182 valence electrons. The van der Waals surface area contributed by atoms with Gasteiger partial charge >= 0.3 is 0 Å². The van der Waals surface area contributed by atoms with E-state index in [4.69, 9.17) is 23.4 Å². The van der Waals surface area contributed by atoms with Gasteiger partial charge in [-0.1, -0.05) is 0 Å². The van der Waals surface area contributed by atoms with E-state index in [0.717, 1.165) is 12.3 Å². The average Bonchev–Trinajstić information content (AvgIpc) is 2.78. The van der Waals surface area contributed by atoms with Crippen molar-refractivity contribution in [2.24, 2.45) is 0 Å². The van der Waals surface area contributed by atoms with E-state index in [0.29, 0.717) is 0 Å². The first-order valence-corrected chi connectivity index (χ1v) is 9.69. The largest absolute Gasteiger partial charge is 0.463 e. The molecular weight excluding hydrogens is 440 g/mol. The van der Waals surface area contributed by atoms with Gasteiger partial charge in [-0.2, -0.15) is 0 Å². The maximum Gasteiger partial charge on any atom is 0.229 e. The Bertz CT molecular complexity index is 800. The summed E-state index contributed by atoms with van der Waals surface area (Å²) in [7, 11) is 0. The summed E-state index contributed by atoms with van der Waals surface area (Å²) in [5.41, 5.74) is -0.688. The molecule has 3 rings (SSSR count). The zero-order valence-corrected chi connectivity index (χ0v) is 16.6. The molecule has 0 radical (unpaired) electrons. The van der Waals surface area contributed by atoms with E-state index in [9.17, 15) is 45.6 Å². The SMILES string of the molecule is O=c1ccoc(CO)c1O[C@@H]1O[C@H](COC[C@H]2O[C@@H](O)[C@H](O)[C@@H](O)[C@@H]2O)[C@@H](O)[C@H](O)[C@H]1O. The van der Waals surface area contributed by atoms with Crippen molar-refractivity contribution < 1.29 is 64.2 Å². The van der Waals surface area contributed by atoms with Gasteiger partial charge in [0.25, 0.3) is 0 Å². The lowest BCUT2D eigenvalue weighted by atomic mass is 9.98. The van der Waals surface area contributed by atoms with Crippen molar-refractivity contribution in [1.29, 1.82) is 0 Å². The van der Waals surface area contributed by atoms with Crippen LogP contribution < -0.4 is 10.2 Å². The molecule has 1 aromatic heterocycles. The van der Waals surface area contributed by atoms with E-state index >= 15 is 0 Å². The van der Waals surface area contributed by atoms with Crippen LogP contribution in [0.1, 0.15) is 5.76 Å². The van der Waals surface area contributed by atoms with Crippen LogP contribution in [0.15, 0.2) is 21.5 Å². The minimum Gasteiger partial charge on any atom is -0.463 e. The van der Waals surface area contributed by atoms with Crippen molar-refractivity contribution in [3.63, 3.8) is 0 Å². The second-order valence-electron chi connectivity index (χ2n) is 7.40. The summed E-state index contributed by atoms with van der Waals surface area (Å²) in [5, 5.41) is 78.4. The van der Waals surface area contributed by atoms with Gasteiger partial charge in [0.2, 0.25) is 17.5 Å². The van der Waals surface area contributed by atoms with E-state index in [1.807, 2.05) is 0 Å². The predicted molar refractivity (Wildman–Crippen MR) is 97.9 cm³/mol. The molecule has 8 N–H and O–H groups in total. The summed E-state index contributed by atoms with van der Waals surface area (Å²) < 4.78 is 25.9. The smallest absolute Gasteiger partial charge is 0.229 e. The van der Waals surface area contributed by atoms with E-state index in [1.165, 1.54) is 0 Å². The van der Waals surface area contributed by atoms with Crippen molar-refractivity contribution in [1.82, 2.24) is 0 Å². The van der Waals surface area contributed by atoms with Crippen LogP contribution in [0.25, 0.3) is 0 Å². The molecule has 2 aliphatic rings. The van der Waals surface area contributed by atoms with Crippen molar-refractivity contribution in [3.05, 3.63) is 28.3 Å². The average molecular weight is 466 g/mol. The lowest BCUT2D eigenvalue weighted by Gasteiger charge is -2.41. The van der Waals surface area contributed by atoms with Crippen molar-refractivity contribution in [2.75, 3.05) is 13.2 Å². The lowest BCUT2D eigenvalue weighted by Crippen LogP contribution is -2.61. The number of hydrogen-bond donors (Lipinski definition) is 8. The van der Waals surface area contributed by atoms with Gasteiger partial charge in [0.15, 0.2) is 12.1 Å². The fraction of sp³-hybridized carbons (Fsp3) is 0.722. The first kappa shape index (κ1) is 24.9. The molecule has 2 fully saturated rings. The van der Waals surface area contributed by atoms with Gasteiger partial charge in [0.05, 0.1) is 19.5 Å². The molecule has 0 bridgehead atoms. The molecular formula is C18H26O14. The third-order valence-corrected chi connectivity index (χ3v) is 5.20. The van der Waals surface area contributed by atoms with E-state index in [-0.39, 0.29) is 5.76 Å². The Kier molecular flexibility index (Phi) is 8.18. The zero-order valence-electron chi connectivity index (χ0n) is 16.6. The highest BCUT2D eigenvalue weighted by atomic mass is 16.7. The molecule has 0 amide bonds. The molecule has 14 nitrogen and oxygen atoms in total. The fourth-order valence-corrected chi connectivity index (χ4v) is 3.31. The molecule has 0 aromatic carbocycles. The topological polar surface area (TPSA) is 229 Å². The molecule has 0 spiro atoms. The van der Waals surface area contributed by atoms with Gasteiger partial charge < -0.3 is 64.2 Å². The Morgan fingerprint density at radius 2 is 1.41 bits per heavy atom. The third-order valence-electron chi connectivity index (χ3n) is 5.20. The van der Waals surface area contributed by atoms with Crippen LogP contribution in [-0.4, -0.2) is 115 Å². The van der Waals surface area contributed by atoms with E-state index in [1.54, 1.807) is 0 Å². The fourth-order valence-electron chi connectivity index (χ4n) is 3.31. The number of hydrogen-bond acceptors (Lipinski definition) is 14. The highest BCUT2D eigenvalue weighted by Gasteiger charge is 2.46. The van der Waals surface area contributed by atoms with E-state index in [2.05, 4.69) is 0 Å². The maximum atomic E-state index is 12.0. The first-order valence-electron chi connectivity index (χ1n) is 9.69. The highest BCUT2D eigenvalue weighted by molar-refractivity contribution is 5.24. The van der Waals surface area contributed by atoms with Crippen LogP contribution in [0.3, 0.4) is 0 Å². The van der Waals surface area contributed by atoms with Gasteiger partial charge in [0, 0.05) is 6.07 Å². The molecule has 0 aliphatic carbocycles. The lowest BCUT2D eigenvalue weighted by molar-refractivity contribution is -0.297. The van der Waals surface area contributed by atoms with Crippen LogP contribution in [-0.2, 0) is 20.8 Å². The highest BCUT2D eigenvalue weighted by Crippen LogP contribution is 2.26. The third kappa shape index (κ3) is 5.11.